The Morgan fingerprint density at radius 2 is 1.05 bits per heavy atom. The number of allylic oxidation sites excluding steroid dienone is 8. The first-order chi connectivity index (χ1) is 20.3. The zero-order valence-electron chi connectivity index (χ0n) is 26.8. The molecule has 0 heterocycles. The van der Waals surface area contributed by atoms with Crippen molar-refractivity contribution in [3.63, 3.8) is 0 Å². The molecule has 0 radical (unpaired) electrons. The standard InChI is InChI=1S/C37H50O4S2/c1-30(2)16-13-17-31(3)18-14-19-32(4)20-15-21-33(5)28-37(43(40,41)36-24-11-8-12-25-36)29-34(6)26-27-42(38,39)35-22-9-7-10-23-35/h7-12,16,18,20,22-26,28,37H,13-15,17,19,21,27,29H2,1-6H3/b31-18+,32-20+,33-28+,34-26+. The van der Waals surface area contributed by atoms with Crippen LogP contribution >= 0.6 is 0 Å². The minimum atomic E-state index is -3.66. The third-order valence-electron chi connectivity index (χ3n) is 7.37. The van der Waals surface area contributed by atoms with Gasteiger partial charge in [-0.15, -0.1) is 0 Å². The van der Waals surface area contributed by atoms with Gasteiger partial charge in [0.05, 0.1) is 20.8 Å². The van der Waals surface area contributed by atoms with Crippen molar-refractivity contribution in [2.45, 2.75) is 102 Å². The Balaban J connectivity index is 2.10. The van der Waals surface area contributed by atoms with Crippen LogP contribution in [0.5, 0.6) is 0 Å². The fraction of sp³-hybridized carbons (Fsp3) is 0.405. The smallest absolute Gasteiger partial charge is 0.185 e. The minimum absolute atomic E-state index is 0.169. The van der Waals surface area contributed by atoms with Gasteiger partial charge < -0.3 is 0 Å². The molecule has 6 heteroatoms. The maximum absolute atomic E-state index is 13.7. The highest BCUT2D eigenvalue weighted by Gasteiger charge is 2.26. The SMILES string of the molecule is CC(C)=CCC/C(C)=C/CC/C(C)=C/CC/C(C)=C/C(C/C(C)=C/CS(=O)(=O)c1ccccc1)S(=O)(=O)c1ccccc1. The van der Waals surface area contributed by atoms with Gasteiger partial charge in [-0.1, -0.05) is 94.6 Å². The van der Waals surface area contributed by atoms with E-state index in [2.05, 4.69) is 45.9 Å². The highest BCUT2D eigenvalue weighted by Crippen LogP contribution is 2.25. The molecule has 0 aliphatic rings. The Labute approximate surface area is 261 Å². The van der Waals surface area contributed by atoms with Crippen molar-refractivity contribution in [1.29, 1.82) is 0 Å². The molecule has 0 bridgehead atoms. The summed E-state index contributed by atoms with van der Waals surface area (Å²) in [7, 11) is -7.16. The second-order valence-electron chi connectivity index (χ2n) is 11.8. The lowest BCUT2D eigenvalue weighted by Gasteiger charge is -2.16. The van der Waals surface area contributed by atoms with E-state index in [-0.39, 0.29) is 22.0 Å². The van der Waals surface area contributed by atoms with E-state index in [1.54, 1.807) is 73.7 Å². The molecule has 0 aromatic heterocycles. The third kappa shape index (κ3) is 13.5. The maximum atomic E-state index is 13.7. The van der Waals surface area contributed by atoms with E-state index < -0.39 is 24.9 Å². The van der Waals surface area contributed by atoms with Crippen molar-refractivity contribution in [3.8, 4) is 0 Å². The number of sulfone groups is 2. The zero-order valence-corrected chi connectivity index (χ0v) is 28.5. The lowest BCUT2D eigenvalue weighted by atomic mass is 10.0. The first-order valence-corrected chi connectivity index (χ1v) is 18.4. The molecule has 1 unspecified atom stereocenters. The highest BCUT2D eigenvalue weighted by molar-refractivity contribution is 7.92. The van der Waals surface area contributed by atoms with Crippen LogP contribution in [-0.4, -0.2) is 27.8 Å². The summed E-state index contributed by atoms with van der Waals surface area (Å²) in [6.45, 7) is 12.4. The van der Waals surface area contributed by atoms with Crippen LogP contribution < -0.4 is 0 Å². The van der Waals surface area contributed by atoms with E-state index in [0.29, 0.717) is 0 Å². The normalized spacial score (nSPS) is 14.5. The quantitative estimate of drug-likeness (QED) is 0.165. The van der Waals surface area contributed by atoms with Gasteiger partial charge in [0, 0.05) is 0 Å². The average molecular weight is 623 g/mol. The number of rotatable bonds is 17. The fourth-order valence-corrected chi connectivity index (χ4v) is 7.75. The molecule has 0 amide bonds. The van der Waals surface area contributed by atoms with Crippen LogP contribution in [0.25, 0.3) is 0 Å². The molecule has 0 saturated carbocycles. The molecule has 2 rings (SSSR count). The average Bonchev–Trinajstić information content (AvgIpc) is 2.96. The molecule has 0 N–H and O–H groups in total. The van der Waals surface area contributed by atoms with Crippen molar-refractivity contribution in [3.05, 3.63) is 119 Å². The van der Waals surface area contributed by atoms with Crippen molar-refractivity contribution in [1.82, 2.24) is 0 Å². The summed E-state index contributed by atoms with van der Waals surface area (Å²) in [4.78, 5) is 0.533. The molecule has 0 fully saturated rings. The van der Waals surface area contributed by atoms with Gasteiger partial charge in [-0.2, -0.15) is 0 Å². The summed E-state index contributed by atoms with van der Waals surface area (Å²) in [5, 5.41) is -0.782. The van der Waals surface area contributed by atoms with E-state index in [4.69, 9.17) is 0 Å². The molecule has 43 heavy (non-hydrogen) atoms. The van der Waals surface area contributed by atoms with Crippen LogP contribution in [0.3, 0.4) is 0 Å². The van der Waals surface area contributed by atoms with Crippen LogP contribution in [0.15, 0.2) is 129 Å². The van der Waals surface area contributed by atoms with Gasteiger partial charge in [0.25, 0.3) is 0 Å². The molecule has 4 nitrogen and oxygen atoms in total. The number of hydrogen-bond acceptors (Lipinski definition) is 4. The molecule has 234 valence electrons. The van der Waals surface area contributed by atoms with Gasteiger partial charge in [0.1, 0.15) is 0 Å². The molecule has 0 aliphatic carbocycles. The molecule has 0 spiro atoms. The van der Waals surface area contributed by atoms with Crippen LogP contribution in [0.2, 0.25) is 0 Å². The van der Waals surface area contributed by atoms with Gasteiger partial charge >= 0.3 is 0 Å². The van der Waals surface area contributed by atoms with Gasteiger partial charge in [0.15, 0.2) is 19.7 Å². The lowest BCUT2D eigenvalue weighted by Crippen LogP contribution is -2.20. The molecule has 2 aromatic rings. The maximum Gasteiger partial charge on any atom is 0.185 e. The predicted molar refractivity (Wildman–Crippen MR) is 183 cm³/mol. The fourth-order valence-electron chi connectivity index (χ4n) is 4.71. The van der Waals surface area contributed by atoms with Gasteiger partial charge in [-0.3, -0.25) is 0 Å². The van der Waals surface area contributed by atoms with Crippen LogP contribution in [0.4, 0.5) is 0 Å². The Hall–Kier alpha value is -2.96. The van der Waals surface area contributed by atoms with Gasteiger partial charge in [0.2, 0.25) is 0 Å². The summed E-state index contributed by atoms with van der Waals surface area (Å²) in [6, 6.07) is 16.8. The Morgan fingerprint density at radius 3 is 1.56 bits per heavy atom. The van der Waals surface area contributed by atoms with E-state index in [9.17, 15) is 16.8 Å². The van der Waals surface area contributed by atoms with E-state index in [1.807, 2.05) is 13.0 Å². The van der Waals surface area contributed by atoms with Gasteiger partial charge in [-0.05, 0) is 111 Å². The second-order valence-corrected chi connectivity index (χ2v) is 16.0. The summed E-state index contributed by atoms with van der Waals surface area (Å²) in [5.41, 5.74) is 5.87. The van der Waals surface area contributed by atoms with E-state index >= 15 is 0 Å². The molecular formula is C37H50O4S2. The highest BCUT2D eigenvalue weighted by atomic mass is 32.2. The van der Waals surface area contributed by atoms with Crippen LogP contribution in [0, 0.1) is 0 Å². The molecular weight excluding hydrogens is 573 g/mol. The predicted octanol–water partition coefficient (Wildman–Crippen LogP) is 9.78. The van der Waals surface area contributed by atoms with E-state index in [0.717, 1.165) is 49.7 Å². The zero-order chi connectivity index (χ0) is 31.9. The Kier molecular flexibility index (Phi) is 15.2. The molecule has 0 aliphatic heterocycles. The van der Waals surface area contributed by atoms with Crippen LogP contribution in [0.1, 0.15) is 86.5 Å². The first kappa shape index (κ1) is 36.2. The Bertz CT molecular complexity index is 1520. The van der Waals surface area contributed by atoms with Crippen molar-refractivity contribution >= 4 is 19.7 Å². The number of hydrogen-bond donors (Lipinski definition) is 0. The van der Waals surface area contributed by atoms with E-state index in [1.165, 1.54) is 16.7 Å². The van der Waals surface area contributed by atoms with Crippen molar-refractivity contribution in [2.75, 3.05) is 5.75 Å². The van der Waals surface area contributed by atoms with Crippen molar-refractivity contribution in [2.24, 2.45) is 0 Å². The summed E-state index contributed by atoms with van der Waals surface area (Å²) in [6.07, 6.45) is 16.4. The first-order valence-electron chi connectivity index (χ1n) is 15.2. The summed E-state index contributed by atoms with van der Waals surface area (Å²) >= 11 is 0. The summed E-state index contributed by atoms with van der Waals surface area (Å²) in [5.74, 6) is -0.169. The monoisotopic (exact) mass is 622 g/mol. The lowest BCUT2D eigenvalue weighted by molar-refractivity contribution is 0.587. The van der Waals surface area contributed by atoms with Gasteiger partial charge in [-0.25, -0.2) is 16.8 Å². The molecule has 0 saturated heterocycles. The summed E-state index contributed by atoms with van der Waals surface area (Å²) < 4.78 is 52.9. The second kappa shape index (κ2) is 18.0. The third-order valence-corrected chi connectivity index (χ3v) is 11.0. The molecule has 2 aromatic carbocycles. The molecule has 1 atom stereocenters. The largest absolute Gasteiger partial charge is 0.223 e. The topological polar surface area (TPSA) is 68.3 Å². The number of benzene rings is 2. The minimum Gasteiger partial charge on any atom is -0.223 e. The Morgan fingerprint density at radius 1 is 0.581 bits per heavy atom. The van der Waals surface area contributed by atoms with Crippen LogP contribution in [-0.2, 0) is 19.7 Å². The van der Waals surface area contributed by atoms with Crippen molar-refractivity contribution < 1.29 is 16.8 Å².